The molecule has 0 aliphatic carbocycles. The summed E-state index contributed by atoms with van der Waals surface area (Å²) in [5.41, 5.74) is 0. The fourth-order valence-corrected chi connectivity index (χ4v) is 3.52. The van der Waals surface area contributed by atoms with Crippen LogP contribution in [0.4, 0.5) is 4.39 Å². The average molecular weight is 353 g/mol. The Bertz CT molecular complexity index is 577. The number of benzene rings is 1. The van der Waals surface area contributed by atoms with Gasteiger partial charge in [0.15, 0.2) is 11.6 Å². The van der Waals surface area contributed by atoms with Crippen LogP contribution >= 0.6 is 12.4 Å². The average Bonchev–Trinajstić information content (AvgIpc) is 2.48. The first kappa shape index (κ1) is 19.2. The van der Waals surface area contributed by atoms with E-state index in [0.29, 0.717) is 12.5 Å². The van der Waals surface area contributed by atoms with Crippen molar-refractivity contribution in [2.75, 3.05) is 26.7 Å². The second kappa shape index (κ2) is 8.67. The third kappa shape index (κ3) is 5.08. The number of hydrogen-bond donors (Lipinski definition) is 2. The molecule has 126 valence electrons. The molecule has 1 aromatic rings. The zero-order valence-electron chi connectivity index (χ0n) is 12.5. The molecule has 0 aromatic heterocycles. The molecule has 1 aromatic carbocycles. The Labute approximate surface area is 137 Å². The minimum absolute atomic E-state index is 0. The van der Waals surface area contributed by atoms with Crippen molar-refractivity contribution in [2.45, 2.75) is 24.2 Å². The van der Waals surface area contributed by atoms with Crippen LogP contribution < -0.4 is 14.8 Å². The van der Waals surface area contributed by atoms with Gasteiger partial charge in [0.05, 0.1) is 12.0 Å². The highest BCUT2D eigenvalue weighted by molar-refractivity contribution is 7.89. The number of piperidine rings is 1. The summed E-state index contributed by atoms with van der Waals surface area (Å²) in [6, 6.07) is 3.53. The van der Waals surface area contributed by atoms with Gasteiger partial charge in [-0.15, -0.1) is 12.4 Å². The monoisotopic (exact) mass is 352 g/mol. The predicted molar refractivity (Wildman–Crippen MR) is 85.6 cm³/mol. The van der Waals surface area contributed by atoms with Gasteiger partial charge >= 0.3 is 0 Å². The summed E-state index contributed by atoms with van der Waals surface area (Å²) in [6.07, 6.45) is 3.05. The van der Waals surface area contributed by atoms with Gasteiger partial charge in [-0.25, -0.2) is 17.5 Å². The molecule has 8 heteroatoms. The topological polar surface area (TPSA) is 67.4 Å². The van der Waals surface area contributed by atoms with Crippen LogP contribution in [0.1, 0.15) is 19.3 Å². The number of ether oxygens (including phenoxy) is 1. The summed E-state index contributed by atoms with van der Waals surface area (Å²) in [7, 11) is -2.32. The highest BCUT2D eigenvalue weighted by Gasteiger charge is 2.18. The molecule has 0 radical (unpaired) electrons. The molecular weight excluding hydrogens is 331 g/mol. The SMILES string of the molecule is COc1cc(S(=O)(=O)NCCC2CCCNC2)ccc1F.Cl. The summed E-state index contributed by atoms with van der Waals surface area (Å²) in [5.74, 6) is -0.150. The zero-order chi connectivity index (χ0) is 15.3. The van der Waals surface area contributed by atoms with Gasteiger partial charge in [-0.3, -0.25) is 0 Å². The Morgan fingerprint density at radius 2 is 2.23 bits per heavy atom. The van der Waals surface area contributed by atoms with Crippen molar-refractivity contribution in [3.63, 3.8) is 0 Å². The van der Waals surface area contributed by atoms with Crippen LogP contribution in [-0.2, 0) is 10.0 Å². The normalized spacial score (nSPS) is 18.5. The van der Waals surface area contributed by atoms with Gasteiger partial charge in [0.25, 0.3) is 0 Å². The number of hydrogen-bond acceptors (Lipinski definition) is 4. The molecule has 5 nitrogen and oxygen atoms in total. The van der Waals surface area contributed by atoms with Crippen molar-refractivity contribution < 1.29 is 17.5 Å². The van der Waals surface area contributed by atoms with Crippen LogP contribution in [0, 0.1) is 11.7 Å². The van der Waals surface area contributed by atoms with Crippen LogP contribution in [0.25, 0.3) is 0 Å². The van der Waals surface area contributed by atoms with E-state index in [0.717, 1.165) is 38.4 Å². The van der Waals surface area contributed by atoms with Crippen LogP contribution in [0.5, 0.6) is 5.75 Å². The van der Waals surface area contributed by atoms with E-state index in [9.17, 15) is 12.8 Å². The van der Waals surface area contributed by atoms with E-state index < -0.39 is 15.8 Å². The maximum Gasteiger partial charge on any atom is 0.240 e. The van der Waals surface area contributed by atoms with E-state index in [-0.39, 0.29) is 23.1 Å². The Balaban J connectivity index is 0.00000242. The van der Waals surface area contributed by atoms with Gasteiger partial charge in [-0.05, 0) is 50.4 Å². The zero-order valence-corrected chi connectivity index (χ0v) is 14.1. The number of rotatable bonds is 6. The molecule has 1 aliphatic heterocycles. The van der Waals surface area contributed by atoms with Gasteiger partial charge < -0.3 is 10.1 Å². The summed E-state index contributed by atoms with van der Waals surface area (Å²) in [5, 5.41) is 3.30. The summed E-state index contributed by atoms with van der Waals surface area (Å²) in [6.45, 7) is 2.36. The largest absolute Gasteiger partial charge is 0.494 e. The standard InChI is InChI=1S/C14H21FN2O3S.ClH/c1-20-14-9-12(4-5-13(14)15)21(18,19)17-8-6-11-3-2-7-16-10-11;/h4-5,9,11,16-17H,2-3,6-8,10H2,1H3;1H. The molecule has 1 fully saturated rings. The number of sulfonamides is 1. The predicted octanol–water partition coefficient (Wildman–Crippen LogP) is 1.92. The molecule has 0 bridgehead atoms. The fraction of sp³-hybridized carbons (Fsp3) is 0.571. The molecule has 1 heterocycles. The van der Waals surface area contributed by atoms with Crippen molar-refractivity contribution in [1.29, 1.82) is 0 Å². The lowest BCUT2D eigenvalue weighted by Gasteiger charge is -2.22. The minimum Gasteiger partial charge on any atom is -0.494 e. The molecule has 1 unspecified atom stereocenters. The summed E-state index contributed by atoms with van der Waals surface area (Å²) in [4.78, 5) is 0.0162. The highest BCUT2D eigenvalue weighted by Crippen LogP contribution is 2.21. The van der Waals surface area contributed by atoms with E-state index in [4.69, 9.17) is 4.74 Å². The maximum absolute atomic E-state index is 13.3. The van der Waals surface area contributed by atoms with Crippen LogP contribution in [-0.4, -0.2) is 35.2 Å². The van der Waals surface area contributed by atoms with E-state index in [1.807, 2.05) is 0 Å². The quantitative estimate of drug-likeness (QED) is 0.821. The van der Waals surface area contributed by atoms with Gasteiger partial charge in [0, 0.05) is 12.6 Å². The smallest absolute Gasteiger partial charge is 0.240 e. The third-order valence-electron chi connectivity index (χ3n) is 3.68. The van der Waals surface area contributed by atoms with Crippen molar-refractivity contribution in [2.24, 2.45) is 5.92 Å². The maximum atomic E-state index is 13.3. The van der Waals surface area contributed by atoms with E-state index in [2.05, 4.69) is 10.0 Å². The van der Waals surface area contributed by atoms with Gasteiger partial charge in [0.2, 0.25) is 10.0 Å². The number of methoxy groups -OCH3 is 1. The third-order valence-corrected chi connectivity index (χ3v) is 5.14. The summed E-state index contributed by atoms with van der Waals surface area (Å²) >= 11 is 0. The second-order valence-corrected chi connectivity index (χ2v) is 6.96. The number of halogens is 2. The molecule has 0 saturated carbocycles. The van der Waals surface area contributed by atoms with Crippen LogP contribution in [0.2, 0.25) is 0 Å². The second-order valence-electron chi connectivity index (χ2n) is 5.20. The molecular formula is C14H22ClFN2O3S. The molecule has 1 aliphatic rings. The minimum atomic E-state index is -3.63. The van der Waals surface area contributed by atoms with Gasteiger partial charge in [-0.1, -0.05) is 0 Å². The highest BCUT2D eigenvalue weighted by atomic mass is 35.5. The van der Waals surface area contributed by atoms with Crippen LogP contribution in [0.3, 0.4) is 0 Å². The van der Waals surface area contributed by atoms with Gasteiger partial charge in [0.1, 0.15) is 0 Å². The Kier molecular flexibility index (Phi) is 7.55. The lowest BCUT2D eigenvalue weighted by Crippen LogP contribution is -2.33. The lowest BCUT2D eigenvalue weighted by atomic mass is 9.96. The molecule has 1 saturated heterocycles. The molecule has 0 amide bonds. The molecule has 0 spiro atoms. The van der Waals surface area contributed by atoms with Crippen molar-refractivity contribution in [1.82, 2.24) is 10.0 Å². The first-order chi connectivity index (χ1) is 10.0. The van der Waals surface area contributed by atoms with Crippen LogP contribution in [0.15, 0.2) is 23.1 Å². The molecule has 2 N–H and O–H groups in total. The van der Waals surface area contributed by atoms with Crippen molar-refractivity contribution in [3.8, 4) is 5.75 Å². The Morgan fingerprint density at radius 1 is 1.45 bits per heavy atom. The van der Waals surface area contributed by atoms with E-state index >= 15 is 0 Å². The van der Waals surface area contributed by atoms with E-state index in [1.165, 1.54) is 19.2 Å². The van der Waals surface area contributed by atoms with E-state index in [1.54, 1.807) is 0 Å². The van der Waals surface area contributed by atoms with Gasteiger partial charge in [-0.2, -0.15) is 0 Å². The van der Waals surface area contributed by atoms with Crippen molar-refractivity contribution in [3.05, 3.63) is 24.0 Å². The Morgan fingerprint density at radius 3 is 2.86 bits per heavy atom. The van der Waals surface area contributed by atoms with Crippen molar-refractivity contribution >= 4 is 22.4 Å². The summed E-state index contributed by atoms with van der Waals surface area (Å²) < 4.78 is 45.0. The number of nitrogens with one attached hydrogen (secondary N) is 2. The molecule has 1 atom stereocenters. The lowest BCUT2D eigenvalue weighted by molar-refractivity contribution is 0.358. The Hall–Kier alpha value is -0.890. The molecule has 2 rings (SSSR count). The first-order valence-corrected chi connectivity index (χ1v) is 8.55. The molecule has 22 heavy (non-hydrogen) atoms. The fourth-order valence-electron chi connectivity index (χ4n) is 2.46. The first-order valence-electron chi connectivity index (χ1n) is 7.07.